The summed E-state index contributed by atoms with van der Waals surface area (Å²) < 4.78 is 22.5. The summed E-state index contributed by atoms with van der Waals surface area (Å²) in [5, 5.41) is 84.9. The van der Waals surface area contributed by atoms with Crippen LogP contribution in [0, 0.1) is 0 Å². The number of carbonyl (C=O) groups excluding carboxylic acids is 1. The van der Waals surface area contributed by atoms with Gasteiger partial charge in [-0.2, -0.15) is 0 Å². The van der Waals surface area contributed by atoms with Crippen molar-refractivity contribution in [1.82, 2.24) is 5.32 Å². The molecule has 0 aromatic heterocycles. The molecule has 3 fully saturated rings. The third kappa shape index (κ3) is 7.06. The van der Waals surface area contributed by atoms with Crippen LogP contribution in [0.1, 0.15) is 12.8 Å². The van der Waals surface area contributed by atoms with Crippen LogP contribution in [0.3, 0.4) is 0 Å². The molecule has 18 nitrogen and oxygen atoms in total. The molecule has 3 rings (SSSR count). The van der Waals surface area contributed by atoms with Crippen LogP contribution in [0.5, 0.6) is 0 Å². The van der Waals surface area contributed by atoms with Crippen molar-refractivity contribution in [3.8, 4) is 0 Å². The van der Waals surface area contributed by atoms with Crippen molar-refractivity contribution in [1.29, 1.82) is 0 Å². The molecule has 1 amide bonds. The van der Waals surface area contributed by atoms with E-state index >= 15 is 0 Å². The average molecular weight is 586 g/mol. The summed E-state index contributed by atoms with van der Waals surface area (Å²) in [7, 11) is 0. The first-order valence-electron chi connectivity index (χ1n) is 13.1. The van der Waals surface area contributed by atoms with Gasteiger partial charge in [0.05, 0.1) is 18.7 Å². The Balaban J connectivity index is 1.85. The van der Waals surface area contributed by atoms with Gasteiger partial charge in [-0.15, -0.1) is 0 Å². The topological polar surface area (TPSA) is 332 Å². The molecule has 0 bridgehead atoms. The Morgan fingerprint density at radius 3 is 2.05 bits per heavy atom. The van der Waals surface area contributed by atoms with E-state index in [0.717, 1.165) is 0 Å². The lowest BCUT2D eigenvalue weighted by Gasteiger charge is -2.49. The number of rotatable bonds is 10. The monoisotopic (exact) mass is 585 g/mol. The standard InChI is InChI=1S/C22H43N5O13/c23-2-1-8(29)20(36)27-7-3-6(25)18(39-22-16(34)15(33)13(31)9(4-24)37-22)17(35)19(7)40-21-14(32)11(26)12(30)10(5-28)38-21/h6-19,21-22,28-35H,1-5,23-26H2,(H,27,36)/t6-,7+,8-,9+,10+,11-,12+,13+,14+,15-,16+,17-,18+,19-,21?,22+/m0/s1. The third-order valence-corrected chi connectivity index (χ3v) is 7.51. The zero-order valence-corrected chi connectivity index (χ0v) is 21.7. The lowest BCUT2D eigenvalue weighted by atomic mass is 9.83. The van der Waals surface area contributed by atoms with E-state index < -0.39 is 110 Å². The number of nitrogens with one attached hydrogen (secondary N) is 1. The van der Waals surface area contributed by atoms with Gasteiger partial charge >= 0.3 is 0 Å². The molecule has 1 unspecified atom stereocenters. The third-order valence-electron chi connectivity index (χ3n) is 7.51. The maximum absolute atomic E-state index is 12.6. The van der Waals surface area contributed by atoms with E-state index in [1.165, 1.54) is 0 Å². The molecule has 2 aliphatic heterocycles. The second-order valence-corrected chi connectivity index (χ2v) is 10.3. The molecule has 0 radical (unpaired) electrons. The number of nitrogens with two attached hydrogens (primary N) is 4. The van der Waals surface area contributed by atoms with Crippen molar-refractivity contribution in [2.75, 3.05) is 19.7 Å². The fourth-order valence-electron chi connectivity index (χ4n) is 5.07. The average Bonchev–Trinajstić information content (AvgIpc) is 2.92. The zero-order valence-electron chi connectivity index (χ0n) is 21.7. The van der Waals surface area contributed by atoms with Gasteiger partial charge in [-0.25, -0.2) is 0 Å². The largest absolute Gasteiger partial charge is 0.394 e. The Kier molecular flexibility index (Phi) is 11.9. The minimum Gasteiger partial charge on any atom is -0.394 e. The van der Waals surface area contributed by atoms with Crippen LogP contribution in [-0.4, -0.2) is 164 Å². The van der Waals surface area contributed by atoms with E-state index in [-0.39, 0.29) is 25.9 Å². The Morgan fingerprint density at radius 2 is 1.45 bits per heavy atom. The quantitative estimate of drug-likeness (QED) is 0.113. The van der Waals surface area contributed by atoms with Gasteiger partial charge in [0.2, 0.25) is 5.91 Å². The molecule has 0 aromatic rings. The fourth-order valence-corrected chi connectivity index (χ4v) is 5.07. The molecule has 0 aromatic carbocycles. The van der Waals surface area contributed by atoms with Crippen molar-refractivity contribution in [3.05, 3.63) is 0 Å². The molecule has 16 atom stereocenters. The number of ether oxygens (including phenoxy) is 4. The first kappa shape index (κ1) is 33.3. The van der Waals surface area contributed by atoms with Gasteiger partial charge in [0.15, 0.2) is 12.6 Å². The molecule has 2 heterocycles. The molecule has 17 N–H and O–H groups in total. The van der Waals surface area contributed by atoms with E-state index in [1.807, 2.05) is 0 Å². The normalized spacial score (nSPS) is 47.0. The molecule has 234 valence electrons. The van der Waals surface area contributed by atoms with Crippen molar-refractivity contribution in [2.24, 2.45) is 22.9 Å². The Morgan fingerprint density at radius 1 is 0.850 bits per heavy atom. The maximum Gasteiger partial charge on any atom is 0.249 e. The Labute approximate surface area is 229 Å². The van der Waals surface area contributed by atoms with Gasteiger partial charge in [0, 0.05) is 12.6 Å². The summed E-state index contributed by atoms with van der Waals surface area (Å²) in [6, 6.07) is -3.45. The highest BCUT2D eigenvalue weighted by Gasteiger charge is 2.52. The first-order chi connectivity index (χ1) is 18.9. The number of amides is 1. The van der Waals surface area contributed by atoms with Gasteiger partial charge in [0.1, 0.15) is 67.1 Å². The first-order valence-corrected chi connectivity index (χ1v) is 13.1. The van der Waals surface area contributed by atoms with Gasteiger partial charge in [-0.3, -0.25) is 4.79 Å². The van der Waals surface area contributed by atoms with E-state index in [9.17, 15) is 45.6 Å². The maximum atomic E-state index is 12.6. The molecule has 1 saturated carbocycles. The summed E-state index contributed by atoms with van der Waals surface area (Å²) in [6.45, 7) is -0.898. The number of aliphatic hydroxyl groups excluding tert-OH is 8. The van der Waals surface area contributed by atoms with Crippen LogP contribution in [0.15, 0.2) is 0 Å². The van der Waals surface area contributed by atoms with Crippen molar-refractivity contribution in [3.63, 3.8) is 0 Å². The molecule has 18 heteroatoms. The molecule has 2 saturated heterocycles. The van der Waals surface area contributed by atoms with Crippen LogP contribution < -0.4 is 28.3 Å². The minimum atomic E-state index is -1.76. The van der Waals surface area contributed by atoms with Crippen molar-refractivity contribution < 1.29 is 64.6 Å². The minimum absolute atomic E-state index is 0.0101. The highest BCUT2D eigenvalue weighted by atomic mass is 16.7. The zero-order chi connectivity index (χ0) is 29.9. The highest BCUT2D eigenvalue weighted by molar-refractivity contribution is 5.80. The number of hydrogen-bond acceptors (Lipinski definition) is 17. The van der Waals surface area contributed by atoms with E-state index in [4.69, 9.17) is 41.9 Å². The smallest absolute Gasteiger partial charge is 0.249 e. The SMILES string of the molecule is NCC[C@H](O)C(=O)N[C@@H]1C[C@H](N)[C@@H](O[C@H]2O[C@H](CN)[C@@H](O)[C@H](O)[C@H]2O)[C@H](O)[C@H]1OC1O[C@H](CO)[C@@H](O)[C@H](N)[C@H]1O. The van der Waals surface area contributed by atoms with Gasteiger partial charge in [-0.05, 0) is 19.4 Å². The Bertz CT molecular complexity index is 815. The predicted octanol–water partition coefficient (Wildman–Crippen LogP) is -8.42. The highest BCUT2D eigenvalue weighted by Crippen LogP contribution is 2.32. The van der Waals surface area contributed by atoms with Crippen molar-refractivity contribution in [2.45, 2.75) is 111 Å². The van der Waals surface area contributed by atoms with E-state index in [0.29, 0.717) is 0 Å². The summed E-state index contributed by atoms with van der Waals surface area (Å²) in [5.74, 6) is -0.845. The van der Waals surface area contributed by atoms with E-state index in [2.05, 4.69) is 5.32 Å². The molecule has 1 aliphatic carbocycles. The number of aliphatic hydroxyl groups is 8. The van der Waals surface area contributed by atoms with Crippen LogP contribution in [0.4, 0.5) is 0 Å². The summed E-state index contributed by atoms with van der Waals surface area (Å²) in [5.41, 5.74) is 23.1. The molecule has 40 heavy (non-hydrogen) atoms. The van der Waals surface area contributed by atoms with Gasteiger partial charge in [-0.1, -0.05) is 0 Å². The lowest BCUT2D eigenvalue weighted by Crippen LogP contribution is -2.69. The molecular formula is C22H43N5O13. The molecule has 3 aliphatic rings. The van der Waals surface area contributed by atoms with Crippen molar-refractivity contribution >= 4 is 5.91 Å². The van der Waals surface area contributed by atoms with Gasteiger partial charge in [0.25, 0.3) is 0 Å². The van der Waals surface area contributed by atoms with Crippen LogP contribution >= 0.6 is 0 Å². The lowest BCUT2D eigenvalue weighted by molar-refractivity contribution is -0.332. The Hall–Kier alpha value is -1.17. The second-order valence-electron chi connectivity index (χ2n) is 10.3. The predicted molar refractivity (Wildman–Crippen MR) is 131 cm³/mol. The summed E-state index contributed by atoms with van der Waals surface area (Å²) in [4.78, 5) is 12.6. The van der Waals surface area contributed by atoms with E-state index in [1.54, 1.807) is 0 Å². The summed E-state index contributed by atoms with van der Waals surface area (Å²) >= 11 is 0. The van der Waals surface area contributed by atoms with Crippen LogP contribution in [0.2, 0.25) is 0 Å². The van der Waals surface area contributed by atoms with Crippen LogP contribution in [-0.2, 0) is 23.7 Å². The molecule has 0 spiro atoms. The summed E-state index contributed by atoms with van der Waals surface area (Å²) in [6.07, 6.45) is -19.8. The number of hydrogen-bond donors (Lipinski definition) is 13. The number of carbonyl (C=O) groups is 1. The van der Waals surface area contributed by atoms with Gasteiger partial charge < -0.3 is 88.1 Å². The fraction of sp³-hybridized carbons (Fsp3) is 0.955. The molecular weight excluding hydrogens is 542 g/mol. The second kappa shape index (κ2) is 14.3. The van der Waals surface area contributed by atoms with Crippen LogP contribution in [0.25, 0.3) is 0 Å².